The summed E-state index contributed by atoms with van der Waals surface area (Å²) in [4.78, 5) is 21.3. The molecule has 3 heterocycles. The topological polar surface area (TPSA) is 92.4 Å². The van der Waals surface area contributed by atoms with Gasteiger partial charge in [0.1, 0.15) is 17.5 Å². The molecule has 7 nitrogen and oxygen atoms in total. The van der Waals surface area contributed by atoms with Crippen LogP contribution < -0.4 is 4.90 Å². The van der Waals surface area contributed by atoms with Gasteiger partial charge in [-0.05, 0) is 25.7 Å². The van der Waals surface area contributed by atoms with Crippen LogP contribution in [0.15, 0.2) is 10.9 Å². The first-order valence-corrected chi connectivity index (χ1v) is 6.69. The van der Waals surface area contributed by atoms with Crippen LogP contribution in [-0.2, 0) is 4.79 Å². The van der Waals surface area contributed by atoms with Crippen LogP contribution in [-0.4, -0.2) is 39.3 Å². The zero-order chi connectivity index (χ0) is 14.1. The molecule has 2 aromatic heterocycles. The molecule has 0 saturated carbocycles. The molecule has 1 saturated heterocycles. The molecule has 0 aromatic carbocycles. The highest BCUT2D eigenvalue weighted by Gasteiger charge is 2.24. The number of nitrogens with zero attached hydrogens (tertiary/aromatic N) is 4. The van der Waals surface area contributed by atoms with Gasteiger partial charge < -0.3 is 14.5 Å². The van der Waals surface area contributed by atoms with E-state index in [9.17, 15) is 4.79 Å². The van der Waals surface area contributed by atoms with Crippen LogP contribution in [0.5, 0.6) is 0 Å². The van der Waals surface area contributed by atoms with Gasteiger partial charge in [-0.15, -0.1) is 0 Å². The van der Waals surface area contributed by atoms with Crippen molar-refractivity contribution in [2.75, 3.05) is 18.0 Å². The molecule has 0 unspecified atom stereocenters. The van der Waals surface area contributed by atoms with E-state index < -0.39 is 5.97 Å². The Morgan fingerprint density at radius 2 is 2.20 bits per heavy atom. The fourth-order valence-electron chi connectivity index (χ4n) is 2.74. The van der Waals surface area contributed by atoms with E-state index in [-0.39, 0.29) is 12.3 Å². The van der Waals surface area contributed by atoms with E-state index in [0.29, 0.717) is 5.71 Å². The molecule has 0 bridgehead atoms. The van der Waals surface area contributed by atoms with Gasteiger partial charge in [-0.2, -0.15) is 4.98 Å². The number of rotatable bonds is 3. The third-order valence-corrected chi connectivity index (χ3v) is 3.80. The summed E-state index contributed by atoms with van der Waals surface area (Å²) in [6, 6.07) is 0. The number of fused-ring (bicyclic) bond motifs is 1. The largest absolute Gasteiger partial charge is 0.481 e. The molecular formula is C13H16N4O3. The third-order valence-electron chi connectivity index (χ3n) is 3.80. The van der Waals surface area contributed by atoms with Crippen molar-refractivity contribution in [2.45, 2.75) is 26.2 Å². The number of anilines is 1. The van der Waals surface area contributed by atoms with Gasteiger partial charge in [0.25, 0.3) is 5.71 Å². The molecule has 2 aromatic rings. The van der Waals surface area contributed by atoms with Gasteiger partial charge in [0.05, 0.1) is 5.69 Å². The van der Waals surface area contributed by atoms with Crippen LogP contribution in [0, 0.1) is 12.8 Å². The van der Waals surface area contributed by atoms with E-state index in [0.717, 1.165) is 42.8 Å². The Morgan fingerprint density at radius 1 is 1.45 bits per heavy atom. The number of carboxylic acid groups (broad SMARTS) is 1. The van der Waals surface area contributed by atoms with Crippen LogP contribution in [0.1, 0.15) is 25.0 Å². The number of aryl methyl sites for hydroxylation is 1. The highest BCUT2D eigenvalue weighted by molar-refractivity contribution is 5.87. The molecule has 106 valence electrons. The lowest BCUT2D eigenvalue weighted by Crippen LogP contribution is -2.35. The van der Waals surface area contributed by atoms with Gasteiger partial charge in [0, 0.05) is 19.5 Å². The number of hydrogen-bond donors (Lipinski definition) is 1. The van der Waals surface area contributed by atoms with Crippen molar-refractivity contribution in [2.24, 2.45) is 5.92 Å². The predicted molar refractivity (Wildman–Crippen MR) is 71.5 cm³/mol. The standard InChI is InChI=1S/C13H16N4O3/c1-8-11-12(14-7-15-13(11)20-16-8)17-4-2-9(3-5-17)6-10(18)19/h7,9H,2-6H2,1H3,(H,18,19). The molecule has 1 aliphatic rings. The van der Waals surface area contributed by atoms with Gasteiger partial charge in [0.15, 0.2) is 0 Å². The van der Waals surface area contributed by atoms with Gasteiger partial charge >= 0.3 is 5.97 Å². The highest BCUT2D eigenvalue weighted by atomic mass is 16.5. The Hall–Kier alpha value is -2.18. The first kappa shape index (κ1) is 12.8. The SMILES string of the molecule is Cc1noc2ncnc(N3CCC(CC(=O)O)CC3)c12. The smallest absolute Gasteiger partial charge is 0.303 e. The molecule has 7 heteroatoms. The highest BCUT2D eigenvalue weighted by Crippen LogP contribution is 2.30. The van der Waals surface area contributed by atoms with E-state index >= 15 is 0 Å². The molecule has 1 N–H and O–H groups in total. The lowest BCUT2D eigenvalue weighted by Gasteiger charge is -2.32. The molecule has 0 aliphatic carbocycles. The number of aliphatic carboxylic acids is 1. The minimum Gasteiger partial charge on any atom is -0.481 e. The number of hydrogen-bond acceptors (Lipinski definition) is 6. The summed E-state index contributed by atoms with van der Waals surface area (Å²) in [5.41, 5.74) is 1.28. The van der Waals surface area contributed by atoms with Crippen molar-refractivity contribution >= 4 is 22.9 Å². The summed E-state index contributed by atoms with van der Waals surface area (Å²) in [5.74, 6) is 0.370. The van der Waals surface area contributed by atoms with Gasteiger partial charge in [-0.25, -0.2) is 4.98 Å². The predicted octanol–water partition coefficient (Wildman–Crippen LogP) is 1.62. The molecule has 1 fully saturated rings. The first-order valence-electron chi connectivity index (χ1n) is 6.69. The maximum Gasteiger partial charge on any atom is 0.303 e. The summed E-state index contributed by atoms with van der Waals surface area (Å²) in [5, 5.41) is 13.6. The van der Waals surface area contributed by atoms with Crippen molar-refractivity contribution < 1.29 is 14.4 Å². The maximum atomic E-state index is 10.7. The summed E-state index contributed by atoms with van der Waals surface area (Å²) in [6.07, 6.45) is 3.45. The van der Waals surface area contributed by atoms with Crippen molar-refractivity contribution in [3.63, 3.8) is 0 Å². The molecule has 0 atom stereocenters. The Labute approximate surface area is 115 Å². The van der Waals surface area contributed by atoms with E-state index in [1.54, 1.807) is 0 Å². The Kier molecular flexibility index (Phi) is 3.25. The minimum absolute atomic E-state index is 0.249. The normalized spacial score (nSPS) is 16.8. The van der Waals surface area contributed by atoms with Crippen molar-refractivity contribution in [1.82, 2.24) is 15.1 Å². The Balaban J connectivity index is 1.80. The lowest BCUT2D eigenvalue weighted by molar-refractivity contribution is -0.138. The van der Waals surface area contributed by atoms with E-state index in [2.05, 4.69) is 20.0 Å². The molecular weight excluding hydrogens is 260 g/mol. The van der Waals surface area contributed by atoms with Gasteiger partial charge in [-0.3, -0.25) is 4.79 Å². The zero-order valence-corrected chi connectivity index (χ0v) is 11.2. The summed E-state index contributed by atoms with van der Waals surface area (Å²) < 4.78 is 5.15. The Bertz CT molecular complexity index is 632. The third kappa shape index (κ3) is 2.31. The van der Waals surface area contributed by atoms with Crippen LogP contribution in [0.2, 0.25) is 0 Å². The summed E-state index contributed by atoms with van der Waals surface area (Å²) in [7, 11) is 0. The van der Waals surface area contributed by atoms with E-state index in [4.69, 9.17) is 9.63 Å². The van der Waals surface area contributed by atoms with Crippen LogP contribution in [0.3, 0.4) is 0 Å². The van der Waals surface area contributed by atoms with E-state index in [1.165, 1.54) is 6.33 Å². The number of piperidine rings is 1. The number of aromatic nitrogens is 3. The van der Waals surface area contributed by atoms with Crippen LogP contribution in [0.25, 0.3) is 11.1 Å². The first-order chi connectivity index (χ1) is 9.65. The molecule has 1 aliphatic heterocycles. The van der Waals surface area contributed by atoms with Crippen molar-refractivity contribution in [1.29, 1.82) is 0 Å². The molecule has 0 spiro atoms. The lowest BCUT2D eigenvalue weighted by atomic mass is 9.93. The fraction of sp³-hybridized carbons (Fsp3) is 0.538. The Morgan fingerprint density at radius 3 is 2.90 bits per heavy atom. The maximum absolute atomic E-state index is 10.7. The second kappa shape index (κ2) is 5.07. The van der Waals surface area contributed by atoms with Crippen molar-refractivity contribution in [3.05, 3.63) is 12.0 Å². The fourth-order valence-corrected chi connectivity index (χ4v) is 2.74. The zero-order valence-electron chi connectivity index (χ0n) is 11.2. The van der Waals surface area contributed by atoms with Crippen LogP contribution >= 0.6 is 0 Å². The average Bonchev–Trinajstić information content (AvgIpc) is 2.81. The molecule has 0 amide bonds. The summed E-state index contributed by atoms with van der Waals surface area (Å²) >= 11 is 0. The molecule has 3 rings (SSSR count). The summed E-state index contributed by atoms with van der Waals surface area (Å²) in [6.45, 7) is 3.47. The van der Waals surface area contributed by atoms with Crippen molar-refractivity contribution in [3.8, 4) is 0 Å². The quantitative estimate of drug-likeness (QED) is 0.910. The average molecular weight is 276 g/mol. The number of carbonyl (C=O) groups is 1. The van der Waals surface area contributed by atoms with E-state index in [1.807, 2.05) is 6.92 Å². The second-order valence-corrected chi connectivity index (χ2v) is 5.17. The molecule has 20 heavy (non-hydrogen) atoms. The number of carboxylic acids is 1. The van der Waals surface area contributed by atoms with Crippen LogP contribution in [0.4, 0.5) is 5.82 Å². The monoisotopic (exact) mass is 276 g/mol. The molecule has 0 radical (unpaired) electrons. The van der Waals surface area contributed by atoms with Gasteiger partial charge in [0.2, 0.25) is 0 Å². The minimum atomic E-state index is -0.720. The van der Waals surface area contributed by atoms with Gasteiger partial charge in [-0.1, -0.05) is 5.16 Å². The second-order valence-electron chi connectivity index (χ2n) is 5.17.